The van der Waals surface area contributed by atoms with Crippen LogP contribution in [-0.4, -0.2) is 50.1 Å². The normalized spacial score (nSPS) is 14.6. The van der Waals surface area contributed by atoms with Crippen molar-refractivity contribution in [2.75, 3.05) is 23.3 Å². The fourth-order valence-corrected chi connectivity index (χ4v) is 3.23. The van der Waals surface area contributed by atoms with Crippen molar-refractivity contribution in [1.82, 2.24) is 19.9 Å². The molecule has 1 fully saturated rings. The molecule has 2 N–H and O–H groups in total. The molecule has 0 atom stereocenters. The van der Waals surface area contributed by atoms with Gasteiger partial charge in [0.05, 0.1) is 17.0 Å². The van der Waals surface area contributed by atoms with Crippen molar-refractivity contribution in [2.45, 2.75) is 18.9 Å². The van der Waals surface area contributed by atoms with Gasteiger partial charge in [-0.2, -0.15) is 0 Å². The predicted octanol–water partition coefficient (Wildman–Crippen LogP) is 2.71. The number of aromatic nitrogens is 4. The lowest BCUT2D eigenvalue weighted by molar-refractivity contribution is 0.0697. The molecule has 142 valence electrons. The Labute approximate surface area is 162 Å². The number of rotatable bonds is 5. The lowest BCUT2D eigenvalue weighted by atomic mass is 10.1. The first-order valence-corrected chi connectivity index (χ1v) is 9.14. The fraction of sp³-hybridized carbons (Fsp3) is 0.250. The lowest BCUT2D eigenvalue weighted by Crippen LogP contribution is -2.40. The summed E-state index contributed by atoms with van der Waals surface area (Å²) in [6, 6.07) is 10.9. The molecule has 0 aliphatic carbocycles. The summed E-state index contributed by atoms with van der Waals surface area (Å²) in [7, 11) is 0. The predicted molar refractivity (Wildman–Crippen MR) is 105 cm³/mol. The molecule has 1 aliphatic heterocycles. The quantitative estimate of drug-likeness (QED) is 0.700. The minimum absolute atomic E-state index is 0.187. The third kappa shape index (κ3) is 4.06. The number of aromatic carboxylic acids is 1. The summed E-state index contributed by atoms with van der Waals surface area (Å²) in [5.41, 5.74) is 1.32. The zero-order valence-corrected chi connectivity index (χ0v) is 15.2. The summed E-state index contributed by atoms with van der Waals surface area (Å²) in [5, 5.41) is 12.6. The lowest BCUT2D eigenvalue weighted by Gasteiger charge is -2.32. The van der Waals surface area contributed by atoms with Crippen molar-refractivity contribution < 1.29 is 9.90 Å². The van der Waals surface area contributed by atoms with E-state index < -0.39 is 5.97 Å². The Balaban J connectivity index is 1.44. The van der Waals surface area contributed by atoms with Crippen molar-refractivity contribution >= 4 is 17.7 Å². The second-order valence-corrected chi connectivity index (χ2v) is 6.60. The van der Waals surface area contributed by atoms with Gasteiger partial charge in [-0.05, 0) is 43.2 Å². The van der Waals surface area contributed by atoms with Gasteiger partial charge >= 0.3 is 5.97 Å². The Morgan fingerprint density at radius 3 is 2.57 bits per heavy atom. The standard InChI is InChI=1S/C20H20N6O2/c27-19(28)14-4-9-21-17(13-14)16-5-10-23-20(25-16)26-11-6-15(7-12-26)24-18-3-1-2-8-22-18/h1-5,8-10,13,15H,6-7,11-12H2,(H,22,24)(H,27,28). The van der Waals surface area contributed by atoms with Crippen molar-refractivity contribution in [3.05, 3.63) is 60.6 Å². The molecule has 0 aromatic carbocycles. The summed E-state index contributed by atoms with van der Waals surface area (Å²) in [6.45, 7) is 1.66. The van der Waals surface area contributed by atoms with Gasteiger partial charge in [0.15, 0.2) is 0 Å². The fourth-order valence-electron chi connectivity index (χ4n) is 3.23. The Hall–Kier alpha value is -3.55. The van der Waals surface area contributed by atoms with Gasteiger partial charge in [0.25, 0.3) is 0 Å². The molecule has 3 aromatic rings. The SMILES string of the molecule is O=C(O)c1ccnc(-c2ccnc(N3CCC(Nc4ccccn4)CC3)n2)c1. The van der Waals surface area contributed by atoms with Crippen molar-refractivity contribution in [3.8, 4) is 11.4 Å². The van der Waals surface area contributed by atoms with Crippen LogP contribution in [0.5, 0.6) is 0 Å². The molecule has 1 aliphatic rings. The van der Waals surface area contributed by atoms with Crippen LogP contribution in [-0.2, 0) is 0 Å². The van der Waals surface area contributed by atoms with Gasteiger partial charge in [-0.1, -0.05) is 6.07 Å². The smallest absolute Gasteiger partial charge is 0.335 e. The molecule has 4 heterocycles. The van der Waals surface area contributed by atoms with Gasteiger partial charge in [0, 0.05) is 37.7 Å². The summed E-state index contributed by atoms with van der Waals surface area (Å²) in [5.74, 6) is 0.542. The third-order valence-corrected chi connectivity index (χ3v) is 4.71. The summed E-state index contributed by atoms with van der Waals surface area (Å²) >= 11 is 0. The average molecular weight is 376 g/mol. The molecule has 4 rings (SSSR count). The van der Waals surface area contributed by atoms with E-state index in [1.807, 2.05) is 18.2 Å². The van der Waals surface area contributed by atoms with Crippen LogP contribution in [0.1, 0.15) is 23.2 Å². The van der Waals surface area contributed by atoms with E-state index in [1.54, 1.807) is 18.5 Å². The summed E-state index contributed by atoms with van der Waals surface area (Å²) in [6.07, 6.45) is 6.86. The van der Waals surface area contributed by atoms with E-state index in [4.69, 9.17) is 5.11 Å². The van der Waals surface area contributed by atoms with Crippen LogP contribution in [0.15, 0.2) is 55.0 Å². The maximum Gasteiger partial charge on any atom is 0.335 e. The van der Waals surface area contributed by atoms with Gasteiger partial charge in [-0.3, -0.25) is 4.98 Å². The Morgan fingerprint density at radius 2 is 1.82 bits per heavy atom. The zero-order chi connectivity index (χ0) is 19.3. The van der Waals surface area contributed by atoms with E-state index >= 15 is 0 Å². The monoisotopic (exact) mass is 376 g/mol. The molecule has 28 heavy (non-hydrogen) atoms. The number of nitrogens with zero attached hydrogens (tertiary/aromatic N) is 5. The maximum absolute atomic E-state index is 11.2. The van der Waals surface area contributed by atoms with Gasteiger partial charge in [0.2, 0.25) is 5.95 Å². The van der Waals surface area contributed by atoms with E-state index in [0.29, 0.717) is 23.4 Å². The first kappa shape index (κ1) is 17.8. The molecule has 0 radical (unpaired) electrons. The third-order valence-electron chi connectivity index (χ3n) is 4.71. The number of hydrogen-bond donors (Lipinski definition) is 2. The highest BCUT2D eigenvalue weighted by Crippen LogP contribution is 2.22. The highest BCUT2D eigenvalue weighted by atomic mass is 16.4. The molecule has 3 aromatic heterocycles. The van der Waals surface area contributed by atoms with Crippen molar-refractivity contribution in [2.24, 2.45) is 0 Å². The van der Waals surface area contributed by atoms with Crippen LogP contribution in [0, 0.1) is 0 Å². The van der Waals surface area contributed by atoms with Crippen LogP contribution in [0.3, 0.4) is 0 Å². The van der Waals surface area contributed by atoms with Crippen LogP contribution in [0.25, 0.3) is 11.4 Å². The topological polar surface area (TPSA) is 104 Å². The van der Waals surface area contributed by atoms with E-state index in [2.05, 4.69) is 30.2 Å². The molecule has 0 bridgehead atoms. The van der Waals surface area contributed by atoms with Gasteiger partial charge < -0.3 is 15.3 Å². The number of carboxylic acid groups (broad SMARTS) is 1. The number of piperidine rings is 1. The second-order valence-electron chi connectivity index (χ2n) is 6.60. The molecular formula is C20H20N6O2. The number of nitrogens with one attached hydrogen (secondary N) is 1. The Morgan fingerprint density at radius 1 is 1.00 bits per heavy atom. The number of hydrogen-bond acceptors (Lipinski definition) is 7. The van der Waals surface area contributed by atoms with Gasteiger partial charge in [-0.25, -0.2) is 19.7 Å². The van der Waals surface area contributed by atoms with Crippen LogP contribution >= 0.6 is 0 Å². The van der Waals surface area contributed by atoms with Gasteiger partial charge in [-0.15, -0.1) is 0 Å². The summed E-state index contributed by atoms with van der Waals surface area (Å²) in [4.78, 5) is 30.9. The highest BCUT2D eigenvalue weighted by Gasteiger charge is 2.21. The van der Waals surface area contributed by atoms with E-state index in [9.17, 15) is 4.79 Å². The molecule has 0 saturated carbocycles. The van der Waals surface area contributed by atoms with Crippen LogP contribution in [0.2, 0.25) is 0 Å². The van der Waals surface area contributed by atoms with Gasteiger partial charge in [0.1, 0.15) is 5.82 Å². The maximum atomic E-state index is 11.2. The minimum Gasteiger partial charge on any atom is -0.478 e. The van der Waals surface area contributed by atoms with E-state index in [0.717, 1.165) is 31.7 Å². The first-order chi connectivity index (χ1) is 13.7. The Kier molecular flexibility index (Phi) is 5.09. The van der Waals surface area contributed by atoms with E-state index in [-0.39, 0.29) is 5.56 Å². The summed E-state index contributed by atoms with van der Waals surface area (Å²) < 4.78 is 0. The van der Waals surface area contributed by atoms with Crippen molar-refractivity contribution in [3.63, 3.8) is 0 Å². The number of carboxylic acids is 1. The molecular weight excluding hydrogens is 356 g/mol. The zero-order valence-electron chi connectivity index (χ0n) is 15.2. The molecule has 0 unspecified atom stereocenters. The van der Waals surface area contributed by atoms with Crippen LogP contribution in [0.4, 0.5) is 11.8 Å². The minimum atomic E-state index is -0.986. The first-order valence-electron chi connectivity index (χ1n) is 9.14. The number of anilines is 2. The largest absolute Gasteiger partial charge is 0.478 e. The highest BCUT2D eigenvalue weighted by molar-refractivity contribution is 5.88. The molecule has 1 saturated heterocycles. The number of carbonyl (C=O) groups is 1. The van der Waals surface area contributed by atoms with E-state index in [1.165, 1.54) is 18.3 Å². The Bertz CT molecular complexity index is 958. The van der Waals surface area contributed by atoms with Crippen LogP contribution < -0.4 is 10.2 Å². The molecule has 8 nitrogen and oxygen atoms in total. The molecule has 0 spiro atoms. The second kappa shape index (κ2) is 7.99. The number of pyridine rings is 2. The molecule has 8 heteroatoms. The average Bonchev–Trinajstić information content (AvgIpc) is 2.75. The van der Waals surface area contributed by atoms with Crippen molar-refractivity contribution in [1.29, 1.82) is 0 Å². The molecule has 0 amide bonds.